The Morgan fingerprint density at radius 1 is 1.38 bits per heavy atom. The van der Waals surface area contributed by atoms with Crippen molar-refractivity contribution in [2.45, 2.75) is 26.1 Å². The molecular formula is C10H12BrF3N2. The molecule has 1 aromatic heterocycles. The summed E-state index contributed by atoms with van der Waals surface area (Å²) in [5.41, 5.74) is 0. The first-order valence-corrected chi connectivity index (χ1v) is 5.55. The summed E-state index contributed by atoms with van der Waals surface area (Å²) >= 11 is 3.14. The van der Waals surface area contributed by atoms with E-state index >= 15 is 0 Å². The van der Waals surface area contributed by atoms with Gasteiger partial charge in [-0.25, -0.2) is 4.98 Å². The van der Waals surface area contributed by atoms with Gasteiger partial charge in [0.25, 0.3) is 0 Å². The van der Waals surface area contributed by atoms with Crippen LogP contribution in [0.4, 0.5) is 19.0 Å². The van der Waals surface area contributed by atoms with Crippen LogP contribution in [0.15, 0.2) is 22.8 Å². The average molecular weight is 297 g/mol. The largest absolute Gasteiger partial charge is 0.405 e. The van der Waals surface area contributed by atoms with Crippen molar-refractivity contribution < 1.29 is 13.2 Å². The van der Waals surface area contributed by atoms with Crippen molar-refractivity contribution in [2.24, 2.45) is 0 Å². The van der Waals surface area contributed by atoms with Crippen molar-refractivity contribution in [3.8, 4) is 0 Å². The zero-order valence-corrected chi connectivity index (χ0v) is 10.5. The summed E-state index contributed by atoms with van der Waals surface area (Å²) in [5, 5.41) is 0. The zero-order chi connectivity index (χ0) is 12.3. The molecule has 1 heterocycles. The molecular weight excluding hydrogens is 285 g/mol. The molecule has 16 heavy (non-hydrogen) atoms. The lowest BCUT2D eigenvalue weighted by atomic mass is 10.3. The van der Waals surface area contributed by atoms with E-state index in [0.717, 1.165) is 0 Å². The predicted octanol–water partition coefficient (Wildman–Crippen LogP) is 3.62. The SMILES string of the molecule is CC(C)N(CC(F)(F)F)c1cccc(Br)n1. The van der Waals surface area contributed by atoms with Crippen LogP contribution in [-0.2, 0) is 0 Å². The zero-order valence-electron chi connectivity index (χ0n) is 8.92. The van der Waals surface area contributed by atoms with E-state index in [1.807, 2.05) is 0 Å². The molecule has 0 spiro atoms. The Bertz CT molecular complexity index is 352. The molecule has 0 aromatic carbocycles. The van der Waals surface area contributed by atoms with Gasteiger partial charge in [0.05, 0.1) is 0 Å². The number of halogens is 4. The molecule has 0 saturated heterocycles. The lowest BCUT2D eigenvalue weighted by Gasteiger charge is -2.28. The van der Waals surface area contributed by atoms with Crippen molar-refractivity contribution in [1.29, 1.82) is 0 Å². The van der Waals surface area contributed by atoms with Crippen molar-refractivity contribution in [3.05, 3.63) is 22.8 Å². The Labute approximate surface area is 101 Å². The molecule has 0 aliphatic rings. The van der Waals surface area contributed by atoms with E-state index in [9.17, 15) is 13.2 Å². The molecule has 0 unspecified atom stereocenters. The van der Waals surface area contributed by atoms with Gasteiger partial charge in [-0.3, -0.25) is 0 Å². The molecule has 90 valence electrons. The van der Waals surface area contributed by atoms with Crippen molar-refractivity contribution >= 4 is 21.7 Å². The van der Waals surface area contributed by atoms with E-state index < -0.39 is 12.7 Å². The first-order chi connectivity index (χ1) is 7.29. The summed E-state index contributed by atoms with van der Waals surface area (Å²) in [6.45, 7) is 2.41. The van der Waals surface area contributed by atoms with Crippen LogP contribution < -0.4 is 4.90 Å². The molecule has 1 aromatic rings. The number of hydrogen-bond donors (Lipinski definition) is 0. The Hall–Kier alpha value is -0.780. The van der Waals surface area contributed by atoms with Crippen LogP contribution in [0, 0.1) is 0 Å². The van der Waals surface area contributed by atoms with Crippen LogP contribution in [0.3, 0.4) is 0 Å². The molecule has 0 atom stereocenters. The fourth-order valence-corrected chi connectivity index (χ4v) is 1.61. The molecule has 0 bridgehead atoms. The van der Waals surface area contributed by atoms with E-state index in [-0.39, 0.29) is 6.04 Å². The third-order valence-corrected chi connectivity index (χ3v) is 2.41. The standard InChI is InChI=1S/C10H12BrF3N2/c1-7(2)16(6-10(12,13)14)9-5-3-4-8(11)15-9/h3-5,7H,6H2,1-2H3. The Kier molecular flexibility index (Phi) is 4.18. The maximum absolute atomic E-state index is 12.4. The van der Waals surface area contributed by atoms with Crippen LogP contribution in [0.25, 0.3) is 0 Å². The monoisotopic (exact) mass is 296 g/mol. The predicted molar refractivity (Wildman–Crippen MR) is 60.5 cm³/mol. The van der Waals surface area contributed by atoms with Crippen LogP contribution in [0.2, 0.25) is 0 Å². The first kappa shape index (κ1) is 13.3. The molecule has 6 heteroatoms. The number of anilines is 1. The number of hydrogen-bond acceptors (Lipinski definition) is 2. The van der Waals surface area contributed by atoms with E-state index in [2.05, 4.69) is 20.9 Å². The van der Waals surface area contributed by atoms with Gasteiger partial charge in [-0.15, -0.1) is 0 Å². The third kappa shape index (κ3) is 4.00. The minimum absolute atomic E-state index is 0.261. The topological polar surface area (TPSA) is 16.1 Å². The average Bonchev–Trinajstić information content (AvgIpc) is 2.12. The molecule has 0 aliphatic carbocycles. The highest BCUT2D eigenvalue weighted by molar-refractivity contribution is 9.10. The number of alkyl halides is 3. The minimum atomic E-state index is -4.23. The van der Waals surface area contributed by atoms with Crippen LogP contribution in [0.1, 0.15) is 13.8 Å². The number of nitrogens with zero attached hydrogens (tertiary/aromatic N) is 2. The van der Waals surface area contributed by atoms with Gasteiger partial charge in [0, 0.05) is 6.04 Å². The van der Waals surface area contributed by atoms with Crippen LogP contribution >= 0.6 is 15.9 Å². The molecule has 0 saturated carbocycles. The number of rotatable bonds is 3. The van der Waals surface area contributed by atoms with Gasteiger partial charge >= 0.3 is 6.18 Å². The Morgan fingerprint density at radius 3 is 2.44 bits per heavy atom. The molecule has 0 amide bonds. The second-order valence-corrected chi connectivity index (χ2v) is 4.47. The normalized spacial score (nSPS) is 11.9. The molecule has 0 fully saturated rings. The van der Waals surface area contributed by atoms with Gasteiger partial charge in [0.1, 0.15) is 17.0 Å². The summed E-state index contributed by atoms with van der Waals surface area (Å²) in [5.74, 6) is 0.321. The van der Waals surface area contributed by atoms with Gasteiger partial charge in [-0.05, 0) is 41.9 Å². The summed E-state index contributed by atoms with van der Waals surface area (Å²) in [7, 11) is 0. The molecule has 0 radical (unpaired) electrons. The van der Waals surface area contributed by atoms with Gasteiger partial charge in [-0.1, -0.05) is 6.07 Å². The van der Waals surface area contributed by atoms with Gasteiger partial charge < -0.3 is 4.90 Å². The highest BCUT2D eigenvalue weighted by Gasteiger charge is 2.32. The van der Waals surface area contributed by atoms with Crippen molar-refractivity contribution in [3.63, 3.8) is 0 Å². The maximum Gasteiger partial charge on any atom is 0.405 e. The Balaban J connectivity index is 2.94. The van der Waals surface area contributed by atoms with E-state index in [4.69, 9.17) is 0 Å². The van der Waals surface area contributed by atoms with Gasteiger partial charge in [0.2, 0.25) is 0 Å². The smallest absolute Gasteiger partial charge is 0.345 e. The number of pyridine rings is 1. The molecule has 0 N–H and O–H groups in total. The lowest BCUT2D eigenvalue weighted by Crippen LogP contribution is -2.39. The Morgan fingerprint density at radius 2 is 2.00 bits per heavy atom. The lowest BCUT2D eigenvalue weighted by molar-refractivity contribution is -0.120. The maximum atomic E-state index is 12.4. The second kappa shape index (κ2) is 5.03. The van der Waals surface area contributed by atoms with Crippen LogP contribution in [0.5, 0.6) is 0 Å². The second-order valence-electron chi connectivity index (χ2n) is 3.66. The van der Waals surface area contributed by atoms with E-state index in [0.29, 0.717) is 10.4 Å². The fourth-order valence-electron chi connectivity index (χ4n) is 1.28. The van der Waals surface area contributed by atoms with Crippen molar-refractivity contribution in [1.82, 2.24) is 4.98 Å². The summed E-state index contributed by atoms with van der Waals surface area (Å²) < 4.78 is 37.6. The van der Waals surface area contributed by atoms with Crippen molar-refractivity contribution in [2.75, 3.05) is 11.4 Å². The van der Waals surface area contributed by atoms with E-state index in [1.54, 1.807) is 32.0 Å². The summed E-state index contributed by atoms with van der Waals surface area (Å²) in [6, 6.07) is 4.65. The highest BCUT2D eigenvalue weighted by atomic mass is 79.9. The molecule has 2 nitrogen and oxygen atoms in total. The number of aromatic nitrogens is 1. The van der Waals surface area contributed by atoms with Gasteiger partial charge in [-0.2, -0.15) is 13.2 Å². The first-order valence-electron chi connectivity index (χ1n) is 4.75. The molecule has 1 rings (SSSR count). The summed E-state index contributed by atoms with van der Waals surface area (Å²) in [6.07, 6.45) is -4.23. The fraction of sp³-hybridized carbons (Fsp3) is 0.500. The third-order valence-electron chi connectivity index (χ3n) is 1.97. The summed E-state index contributed by atoms with van der Waals surface area (Å²) in [4.78, 5) is 5.23. The minimum Gasteiger partial charge on any atom is -0.345 e. The molecule has 0 aliphatic heterocycles. The van der Waals surface area contributed by atoms with Crippen LogP contribution in [-0.4, -0.2) is 23.7 Å². The quantitative estimate of drug-likeness (QED) is 0.792. The van der Waals surface area contributed by atoms with Gasteiger partial charge in [0.15, 0.2) is 0 Å². The van der Waals surface area contributed by atoms with E-state index in [1.165, 1.54) is 4.90 Å². The highest BCUT2D eigenvalue weighted by Crippen LogP contribution is 2.23.